The monoisotopic (exact) mass is 446 g/mol. The van der Waals surface area contributed by atoms with E-state index in [9.17, 15) is 24.5 Å². The highest BCUT2D eigenvalue weighted by Gasteiger charge is 2.36. The van der Waals surface area contributed by atoms with Gasteiger partial charge in [-0.25, -0.2) is 4.79 Å². The van der Waals surface area contributed by atoms with Gasteiger partial charge in [-0.15, -0.1) is 0 Å². The van der Waals surface area contributed by atoms with E-state index in [1.807, 2.05) is 0 Å². The lowest BCUT2D eigenvalue weighted by atomic mass is 10.0. The molecule has 1 aromatic heterocycles. The Morgan fingerprint density at radius 2 is 1.88 bits per heavy atom. The maximum atomic E-state index is 13.5. The third-order valence-electron chi connectivity index (χ3n) is 5.35. The van der Waals surface area contributed by atoms with Gasteiger partial charge in [0.05, 0.1) is 21.7 Å². The van der Waals surface area contributed by atoms with Gasteiger partial charge in [-0.05, 0) is 35.4 Å². The third kappa shape index (κ3) is 4.54. The van der Waals surface area contributed by atoms with Gasteiger partial charge >= 0.3 is 5.97 Å². The van der Waals surface area contributed by atoms with Crippen LogP contribution in [0.4, 0.5) is 11.4 Å². The third-order valence-corrected chi connectivity index (χ3v) is 5.35. The summed E-state index contributed by atoms with van der Waals surface area (Å²) in [6.07, 6.45) is 3.37. The lowest BCUT2D eigenvalue weighted by molar-refractivity contribution is -0.384. The molecule has 2 aromatic carbocycles. The van der Waals surface area contributed by atoms with E-state index in [0.717, 1.165) is 11.6 Å². The standard InChI is InChI=1S/C23H18N4O6/c28-21-20(10-15-2-1-9-24-12-15)26(13-14-3-5-16(6-4-14)23(30)31)22(29)18-8-7-17(27(32)33)11-19(18)25-21/h1-9,11-12,20H,10,13H2,(H,25,28)(H,30,31)/t20-/m1/s1. The van der Waals surface area contributed by atoms with E-state index in [-0.39, 0.29) is 35.5 Å². The average Bonchev–Trinajstić information content (AvgIpc) is 2.90. The molecule has 10 nitrogen and oxygen atoms in total. The van der Waals surface area contributed by atoms with Crippen LogP contribution in [0, 0.1) is 10.1 Å². The molecule has 0 saturated carbocycles. The number of carbonyl (C=O) groups excluding carboxylic acids is 2. The molecule has 0 saturated heterocycles. The van der Waals surface area contributed by atoms with Crippen molar-refractivity contribution < 1.29 is 24.4 Å². The zero-order chi connectivity index (χ0) is 23.5. The van der Waals surface area contributed by atoms with E-state index < -0.39 is 28.7 Å². The molecule has 0 fully saturated rings. The van der Waals surface area contributed by atoms with Crippen LogP contribution in [0.2, 0.25) is 0 Å². The summed E-state index contributed by atoms with van der Waals surface area (Å²) in [5.74, 6) is -2.04. The van der Waals surface area contributed by atoms with Crippen LogP contribution in [-0.2, 0) is 17.8 Å². The Morgan fingerprint density at radius 3 is 2.52 bits per heavy atom. The zero-order valence-corrected chi connectivity index (χ0v) is 17.2. The Balaban J connectivity index is 1.74. The van der Waals surface area contributed by atoms with Gasteiger partial charge in [-0.3, -0.25) is 24.7 Å². The first-order valence-electron chi connectivity index (χ1n) is 9.95. The number of nitro groups is 1. The first-order valence-corrected chi connectivity index (χ1v) is 9.95. The van der Waals surface area contributed by atoms with Crippen LogP contribution in [-0.4, -0.2) is 43.7 Å². The predicted molar refractivity (Wildman–Crippen MR) is 117 cm³/mol. The van der Waals surface area contributed by atoms with Gasteiger partial charge < -0.3 is 15.3 Å². The summed E-state index contributed by atoms with van der Waals surface area (Å²) in [6, 6.07) is 12.3. The maximum Gasteiger partial charge on any atom is 0.335 e. The van der Waals surface area contributed by atoms with Crippen molar-refractivity contribution in [3.63, 3.8) is 0 Å². The highest BCUT2D eigenvalue weighted by molar-refractivity contribution is 6.10. The van der Waals surface area contributed by atoms with Gasteiger partial charge in [0.15, 0.2) is 0 Å². The lowest BCUT2D eigenvalue weighted by Gasteiger charge is -2.29. The number of carbonyl (C=O) groups is 3. The van der Waals surface area contributed by atoms with Gasteiger partial charge in [0.1, 0.15) is 6.04 Å². The van der Waals surface area contributed by atoms with E-state index in [0.29, 0.717) is 5.56 Å². The minimum absolute atomic E-state index is 0.0352. The van der Waals surface area contributed by atoms with Gasteiger partial charge in [-0.2, -0.15) is 0 Å². The number of aromatic carboxylic acids is 1. The molecular weight excluding hydrogens is 428 g/mol. The molecule has 1 aliphatic heterocycles. The molecule has 0 unspecified atom stereocenters. The second-order valence-corrected chi connectivity index (χ2v) is 7.49. The number of nitro benzene ring substituents is 1. The minimum atomic E-state index is -1.07. The fraction of sp³-hybridized carbons (Fsp3) is 0.130. The van der Waals surface area contributed by atoms with Crippen LogP contribution >= 0.6 is 0 Å². The molecule has 0 bridgehead atoms. The number of carboxylic acids is 1. The number of amides is 2. The van der Waals surface area contributed by atoms with Crippen LogP contribution in [0.5, 0.6) is 0 Å². The summed E-state index contributed by atoms with van der Waals surface area (Å²) < 4.78 is 0. The van der Waals surface area contributed by atoms with Crippen molar-refractivity contribution in [1.29, 1.82) is 0 Å². The lowest BCUT2D eigenvalue weighted by Crippen LogP contribution is -2.46. The van der Waals surface area contributed by atoms with Crippen LogP contribution < -0.4 is 5.32 Å². The number of carboxylic acid groups (broad SMARTS) is 1. The van der Waals surface area contributed by atoms with Crippen molar-refractivity contribution in [1.82, 2.24) is 9.88 Å². The van der Waals surface area contributed by atoms with Crippen molar-refractivity contribution in [3.05, 3.63) is 99.4 Å². The molecular formula is C23H18N4O6. The summed E-state index contributed by atoms with van der Waals surface area (Å²) in [4.78, 5) is 53.8. The quantitative estimate of drug-likeness (QED) is 0.438. The van der Waals surface area contributed by atoms with Crippen molar-refractivity contribution in [2.75, 3.05) is 5.32 Å². The molecule has 0 aliphatic carbocycles. The van der Waals surface area contributed by atoms with Gasteiger partial charge in [0.25, 0.3) is 11.6 Å². The summed E-state index contributed by atoms with van der Waals surface area (Å²) in [5, 5.41) is 22.9. The van der Waals surface area contributed by atoms with Crippen LogP contribution in [0.1, 0.15) is 31.8 Å². The largest absolute Gasteiger partial charge is 0.478 e. The summed E-state index contributed by atoms with van der Waals surface area (Å²) in [5.41, 5.74) is 1.41. The van der Waals surface area contributed by atoms with Crippen molar-refractivity contribution in [2.45, 2.75) is 19.0 Å². The zero-order valence-electron chi connectivity index (χ0n) is 17.2. The normalized spacial score (nSPS) is 15.4. The Kier molecular flexibility index (Phi) is 5.81. The number of nitrogens with zero attached hydrogens (tertiary/aromatic N) is 3. The van der Waals surface area contributed by atoms with E-state index in [1.165, 1.54) is 29.2 Å². The maximum absolute atomic E-state index is 13.5. The number of benzene rings is 2. The van der Waals surface area contributed by atoms with E-state index in [2.05, 4.69) is 10.3 Å². The fourth-order valence-electron chi connectivity index (χ4n) is 3.67. The SMILES string of the molecule is O=C(O)c1ccc(CN2C(=O)c3ccc([N+](=O)[O-])cc3NC(=O)[C@H]2Cc2cccnc2)cc1. The number of fused-ring (bicyclic) bond motifs is 1. The average molecular weight is 446 g/mol. The number of hydrogen-bond donors (Lipinski definition) is 2. The number of pyridine rings is 1. The van der Waals surface area contributed by atoms with E-state index in [4.69, 9.17) is 5.11 Å². The molecule has 0 spiro atoms. The van der Waals surface area contributed by atoms with Gasteiger partial charge in [0, 0.05) is 37.5 Å². The smallest absolute Gasteiger partial charge is 0.335 e. The van der Waals surface area contributed by atoms with Crippen molar-refractivity contribution >= 4 is 29.2 Å². The van der Waals surface area contributed by atoms with Crippen LogP contribution in [0.3, 0.4) is 0 Å². The number of nitrogens with one attached hydrogen (secondary N) is 1. The molecule has 4 rings (SSSR count). The molecule has 0 radical (unpaired) electrons. The molecule has 2 N–H and O–H groups in total. The van der Waals surface area contributed by atoms with E-state index >= 15 is 0 Å². The Labute approximate surface area is 187 Å². The number of hydrogen-bond acceptors (Lipinski definition) is 6. The molecule has 2 heterocycles. The Hall–Kier alpha value is -4.60. The molecule has 1 aliphatic rings. The summed E-state index contributed by atoms with van der Waals surface area (Å²) in [7, 11) is 0. The predicted octanol–water partition coefficient (Wildman–Crippen LogP) is 2.89. The Morgan fingerprint density at radius 1 is 1.12 bits per heavy atom. The minimum Gasteiger partial charge on any atom is -0.478 e. The number of aromatic nitrogens is 1. The number of rotatable bonds is 6. The number of non-ortho nitro benzene ring substituents is 1. The fourth-order valence-corrected chi connectivity index (χ4v) is 3.67. The van der Waals surface area contributed by atoms with Crippen LogP contribution in [0.15, 0.2) is 67.0 Å². The van der Waals surface area contributed by atoms with Crippen LogP contribution in [0.25, 0.3) is 0 Å². The molecule has 166 valence electrons. The number of anilines is 1. The van der Waals surface area contributed by atoms with Crippen molar-refractivity contribution in [3.8, 4) is 0 Å². The molecule has 2 amide bonds. The molecule has 3 aromatic rings. The highest BCUT2D eigenvalue weighted by atomic mass is 16.6. The second-order valence-electron chi connectivity index (χ2n) is 7.49. The Bertz CT molecular complexity index is 1240. The molecule has 1 atom stereocenters. The topological polar surface area (TPSA) is 143 Å². The first kappa shape index (κ1) is 21.6. The van der Waals surface area contributed by atoms with E-state index in [1.54, 1.807) is 36.7 Å². The molecule has 10 heteroatoms. The summed E-state index contributed by atoms with van der Waals surface area (Å²) in [6.45, 7) is 0.0352. The molecule has 33 heavy (non-hydrogen) atoms. The second kappa shape index (κ2) is 8.87. The highest BCUT2D eigenvalue weighted by Crippen LogP contribution is 2.29. The van der Waals surface area contributed by atoms with Crippen molar-refractivity contribution in [2.24, 2.45) is 0 Å². The van der Waals surface area contributed by atoms with Gasteiger partial charge in [-0.1, -0.05) is 18.2 Å². The summed E-state index contributed by atoms with van der Waals surface area (Å²) >= 11 is 0. The van der Waals surface area contributed by atoms with Gasteiger partial charge in [0.2, 0.25) is 5.91 Å². The first-order chi connectivity index (χ1) is 15.8.